The molecular weight excluding hydrogens is 244 g/mol. The summed E-state index contributed by atoms with van der Waals surface area (Å²) in [7, 11) is 3.30. The molecule has 0 unspecified atom stereocenters. The number of rotatable bonds is 7. The van der Waals surface area contributed by atoms with Crippen molar-refractivity contribution in [2.75, 3.05) is 32.6 Å². The van der Waals surface area contributed by atoms with E-state index in [1.807, 2.05) is 0 Å². The standard InChI is InChI=1S/C13H20N4O2/c1-14-12(18)10-3-4-11(17-16-10)15-9-13(5-6-13)7-8-19-2/h3-4H,5-9H2,1-2H3,(H,14,18)(H,15,17). The van der Waals surface area contributed by atoms with Gasteiger partial charge in [-0.25, -0.2) is 0 Å². The first-order valence-corrected chi connectivity index (χ1v) is 6.48. The van der Waals surface area contributed by atoms with Gasteiger partial charge in [0, 0.05) is 27.3 Å². The fraction of sp³-hybridized carbons (Fsp3) is 0.615. The Labute approximate surface area is 112 Å². The number of anilines is 1. The molecule has 104 valence electrons. The Kier molecular flexibility index (Phi) is 4.31. The minimum Gasteiger partial charge on any atom is -0.385 e. The summed E-state index contributed by atoms with van der Waals surface area (Å²) in [5.41, 5.74) is 0.686. The van der Waals surface area contributed by atoms with Crippen molar-refractivity contribution in [3.63, 3.8) is 0 Å². The number of methoxy groups -OCH3 is 1. The molecule has 0 aliphatic heterocycles. The highest BCUT2D eigenvalue weighted by Gasteiger charge is 2.41. The highest BCUT2D eigenvalue weighted by molar-refractivity contribution is 5.91. The summed E-state index contributed by atoms with van der Waals surface area (Å²) in [5.74, 6) is 0.481. The maximum Gasteiger partial charge on any atom is 0.271 e. The van der Waals surface area contributed by atoms with Gasteiger partial charge in [-0.3, -0.25) is 4.79 Å². The van der Waals surface area contributed by atoms with E-state index in [1.165, 1.54) is 12.8 Å². The minimum atomic E-state index is -0.224. The van der Waals surface area contributed by atoms with Crippen molar-refractivity contribution in [2.24, 2.45) is 5.41 Å². The molecule has 0 atom stereocenters. The molecule has 19 heavy (non-hydrogen) atoms. The van der Waals surface area contributed by atoms with Gasteiger partial charge in [-0.2, -0.15) is 0 Å². The molecule has 0 spiro atoms. The Balaban J connectivity index is 1.85. The number of nitrogens with one attached hydrogen (secondary N) is 2. The summed E-state index contributed by atoms with van der Waals surface area (Å²) in [6, 6.07) is 3.45. The second kappa shape index (κ2) is 5.97. The minimum absolute atomic E-state index is 0.224. The lowest BCUT2D eigenvalue weighted by molar-refractivity contribution is 0.0957. The Morgan fingerprint density at radius 2 is 2.21 bits per heavy atom. The van der Waals surface area contributed by atoms with E-state index in [0.29, 0.717) is 16.9 Å². The number of aromatic nitrogens is 2. The van der Waals surface area contributed by atoms with Crippen LogP contribution >= 0.6 is 0 Å². The normalized spacial score (nSPS) is 15.9. The number of hydrogen-bond donors (Lipinski definition) is 2. The first-order chi connectivity index (χ1) is 9.19. The second-order valence-corrected chi connectivity index (χ2v) is 4.98. The third-order valence-corrected chi connectivity index (χ3v) is 3.56. The number of carbonyl (C=O) groups is 1. The molecule has 1 saturated carbocycles. The lowest BCUT2D eigenvalue weighted by Gasteiger charge is -2.15. The van der Waals surface area contributed by atoms with Crippen molar-refractivity contribution in [3.8, 4) is 0 Å². The van der Waals surface area contributed by atoms with Gasteiger partial charge in [0.25, 0.3) is 5.91 Å². The molecule has 0 aromatic carbocycles. The predicted octanol–water partition coefficient (Wildman–Crippen LogP) is 1.06. The largest absolute Gasteiger partial charge is 0.385 e. The van der Waals surface area contributed by atoms with Gasteiger partial charge in [-0.15, -0.1) is 10.2 Å². The molecule has 6 heteroatoms. The molecule has 1 aromatic rings. The van der Waals surface area contributed by atoms with Gasteiger partial charge < -0.3 is 15.4 Å². The molecule has 0 saturated heterocycles. The summed E-state index contributed by atoms with van der Waals surface area (Å²) in [6.45, 7) is 1.67. The monoisotopic (exact) mass is 264 g/mol. The maximum atomic E-state index is 11.3. The van der Waals surface area contributed by atoms with Crippen LogP contribution < -0.4 is 10.6 Å². The Bertz CT molecular complexity index is 429. The molecule has 1 aromatic heterocycles. The summed E-state index contributed by atoms with van der Waals surface area (Å²) in [4.78, 5) is 11.3. The third kappa shape index (κ3) is 3.64. The van der Waals surface area contributed by atoms with Crippen molar-refractivity contribution in [3.05, 3.63) is 17.8 Å². The van der Waals surface area contributed by atoms with Crippen LogP contribution in [0.5, 0.6) is 0 Å². The Hall–Kier alpha value is -1.69. The van der Waals surface area contributed by atoms with Crippen molar-refractivity contribution in [2.45, 2.75) is 19.3 Å². The van der Waals surface area contributed by atoms with Crippen molar-refractivity contribution >= 4 is 11.7 Å². The number of ether oxygens (including phenoxy) is 1. The summed E-state index contributed by atoms with van der Waals surface area (Å²) < 4.78 is 5.12. The van der Waals surface area contributed by atoms with Gasteiger partial charge in [0.2, 0.25) is 0 Å². The number of nitrogens with zero attached hydrogens (tertiary/aromatic N) is 2. The van der Waals surface area contributed by atoms with E-state index in [-0.39, 0.29) is 5.91 Å². The summed E-state index contributed by atoms with van der Waals surface area (Å²) >= 11 is 0. The molecule has 0 radical (unpaired) electrons. The van der Waals surface area contributed by atoms with Gasteiger partial charge >= 0.3 is 0 Å². The second-order valence-electron chi connectivity index (χ2n) is 4.98. The van der Waals surface area contributed by atoms with Crippen LogP contribution in [0.4, 0.5) is 5.82 Å². The van der Waals surface area contributed by atoms with Crippen LogP contribution in [0.3, 0.4) is 0 Å². The van der Waals surface area contributed by atoms with Crippen LogP contribution in [0.25, 0.3) is 0 Å². The average Bonchev–Trinajstić information content (AvgIpc) is 3.23. The van der Waals surface area contributed by atoms with Gasteiger partial charge in [0.05, 0.1) is 0 Å². The zero-order valence-electron chi connectivity index (χ0n) is 11.4. The molecule has 1 aliphatic carbocycles. The molecule has 6 nitrogen and oxygen atoms in total. The SMILES string of the molecule is CNC(=O)c1ccc(NCC2(CCOC)CC2)nn1. The highest BCUT2D eigenvalue weighted by atomic mass is 16.5. The van der Waals surface area contributed by atoms with Gasteiger partial charge in [0.15, 0.2) is 5.69 Å². The highest BCUT2D eigenvalue weighted by Crippen LogP contribution is 2.48. The van der Waals surface area contributed by atoms with E-state index in [9.17, 15) is 4.79 Å². The topological polar surface area (TPSA) is 76.1 Å². The Morgan fingerprint density at radius 3 is 2.74 bits per heavy atom. The van der Waals surface area contributed by atoms with Crippen LogP contribution in [0.15, 0.2) is 12.1 Å². The van der Waals surface area contributed by atoms with E-state index < -0.39 is 0 Å². The smallest absolute Gasteiger partial charge is 0.271 e. The number of amides is 1. The maximum absolute atomic E-state index is 11.3. The lowest BCUT2D eigenvalue weighted by Crippen LogP contribution is -2.21. The first kappa shape index (κ1) is 13.7. The summed E-state index contributed by atoms with van der Waals surface area (Å²) in [6.07, 6.45) is 3.53. The van der Waals surface area contributed by atoms with E-state index in [1.54, 1.807) is 26.3 Å². The fourth-order valence-electron chi connectivity index (χ4n) is 1.96. The molecule has 2 N–H and O–H groups in total. The van der Waals surface area contributed by atoms with E-state index in [2.05, 4.69) is 20.8 Å². The molecule has 2 rings (SSSR count). The van der Waals surface area contributed by atoms with E-state index >= 15 is 0 Å². The predicted molar refractivity (Wildman–Crippen MR) is 72.1 cm³/mol. The van der Waals surface area contributed by atoms with Crippen molar-refractivity contribution in [1.29, 1.82) is 0 Å². The molecule has 1 amide bonds. The van der Waals surface area contributed by atoms with Crippen LogP contribution in [0.2, 0.25) is 0 Å². The zero-order chi connectivity index (χ0) is 13.7. The average molecular weight is 264 g/mol. The van der Waals surface area contributed by atoms with E-state index in [4.69, 9.17) is 4.74 Å². The van der Waals surface area contributed by atoms with Crippen LogP contribution in [-0.2, 0) is 4.74 Å². The zero-order valence-corrected chi connectivity index (χ0v) is 11.4. The third-order valence-electron chi connectivity index (χ3n) is 3.56. The van der Waals surface area contributed by atoms with Crippen molar-refractivity contribution in [1.82, 2.24) is 15.5 Å². The molecule has 0 bridgehead atoms. The number of carbonyl (C=O) groups excluding carboxylic acids is 1. The van der Waals surface area contributed by atoms with Crippen LogP contribution in [-0.4, -0.2) is 43.4 Å². The van der Waals surface area contributed by atoms with Gasteiger partial charge in [-0.1, -0.05) is 0 Å². The van der Waals surface area contributed by atoms with Crippen LogP contribution in [0.1, 0.15) is 29.8 Å². The van der Waals surface area contributed by atoms with Crippen LogP contribution in [0, 0.1) is 5.41 Å². The molecule has 1 fully saturated rings. The molecular formula is C13H20N4O2. The van der Waals surface area contributed by atoms with Gasteiger partial charge in [-0.05, 0) is 36.8 Å². The van der Waals surface area contributed by atoms with Gasteiger partial charge in [0.1, 0.15) is 5.82 Å². The molecule has 1 aliphatic rings. The number of hydrogen-bond acceptors (Lipinski definition) is 5. The fourth-order valence-corrected chi connectivity index (χ4v) is 1.96. The molecule has 1 heterocycles. The lowest BCUT2D eigenvalue weighted by atomic mass is 10.0. The first-order valence-electron chi connectivity index (χ1n) is 6.48. The Morgan fingerprint density at radius 1 is 1.42 bits per heavy atom. The van der Waals surface area contributed by atoms with Crippen molar-refractivity contribution < 1.29 is 9.53 Å². The summed E-state index contributed by atoms with van der Waals surface area (Å²) in [5, 5.41) is 13.7. The van der Waals surface area contributed by atoms with E-state index in [0.717, 1.165) is 19.6 Å². The quantitative estimate of drug-likeness (QED) is 0.770.